The first-order valence-electron chi connectivity index (χ1n) is 6.49. The van der Waals surface area contributed by atoms with Crippen LogP contribution in [0.5, 0.6) is 5.75 Å². The number of halogens is 1. The van der Waals surface area contributed by atoms with Crippen molar-refractivity contribution >= 4 is 22.1 Å². The third-order valence-electron chi connectivity index (χ3n) is 3.18. The highest BCUT2D eigenvalue weighted by atomic mass is 79.9. The molecule has 6 heteroatoms. The van der Waals surface area contributed by atoms with Crippen molar-refractivity contribution < 1.29 is 4.74 Å². The molecule has 0 aliphatic heterocycles. The van der Waals surface area contributed by atoms with Crippen LogP contribution in [0.2, 0.25) is 0 Å². The minimum absolute atomic E-state index is 0.101. The van der Waals surface area contributed by atoms with Crippen LogP contribution in [0.25, 0.3) is 0 Å². The van der Waals surface area contributed by atoms with Crippen molar-refractivity contribution in [2.45, 2.75) is 13.8 Å². The SMILES string of the molecule is COc1ccc(Br)cc1/C=N/n1c(C)cc(C)c(C#N)c1=O. The van der Waals surface area contributed by atoms with E-state index in [0.29, 0.717) is 17.0 Å². The summed E-state index contributed by atoms with van der Waals surface area (Å²) in [5.74, 6) is 0.644. The molecule has 0 saturated heterocycles. The summed E-state index contributed by atoms with van der Waals surface area (Å²) in [5, 5.41) is 13.3. The summed E-state index contributed by atoms with van der Waals surface area (Å²) >= 11 is 3.38. The molecule has 22 heavy (non-hydrogen) atoms. The Morgan fingerprint density at radius 3 is 2.73 bits per heavy atom. The summed E-state index contributed by atoms with van der Waals surface area (Å²) < 4.78 is 7.35. The molecule has 0 spiro atoms. The van der Waals surface area contributed by atoms with Crippen LogP contribution in [-0.4, -0.2) is 18.0 Å². The number of ether oxygens (including phenoxy) is 1. The van der Waals surface area contributed by atoms with Crippen molar-refractivity contribution in [3.05, 3.63) is 61.5 Å². The molecule has 1 heterocycles. The van der Waals surface area contributed by atoms with Crippen molar-refractivity contribution in [3.63, 3.8) is 0 Å². The number of nitrogens with zero attached hydrogens (tertiary/aromatic N) is 3. The van der Waals surface area contributed by atoms with E-state index < -0.39 is 5.56 Å². The van der Waals surface area contributed by atoms with E-state index in [9.17, 15) is 4.79 Å². The molecule has 1 aromatic heterocycles. The summed E-state index contributed by atoms with van der Waals surface area (Å²) in [5.41, 5.74) is 1.71. The summed E-state index contributed by atoms with van der Waals surface area (Å²) in [6.07, 6.45) is 1.54. The second-order valence-electron chi connectivity index (χ2n) is 4.70. The smallest absolute Gasteiger partial charge is 0.289 e. The second kappa shape index (κ2) is 6.58. The molecule has 0 N–H and O–H groups in total. The van der Waals surface area contributed by atoms with Gasteiger partial charge in [0.25, 0.3) is 5.56 Å². The molecular formula is C16H14BrN3O2. The Balaban J connectivity index is 2.55. The Hall–Kier alpha value is -2.39. The van der Waals surface area contributed by atoms with Gasteiger partial charge in [0.2, 0.25) is 0 Å². The Kier molecular flexibility index (Phi) is 4.78. The van der Waals surface area contributed by atoms with Gasteiger partial charge in [-0.25, -0.2) is 4.68 Å². The second-order valence-corrected chi connectivity index (χ2v) is 5.62. The number of hydrogen-bond acceptors (Lipinski definition) is 4. The van der Waals surface area contributed by atoms with E-state index in [-0.39, 0.29) is 5.56 Å². The molecule has 0 saturated carbocycles. The average Bonchev–Trinajstić information content (AvgIpc) is 2.47. The highest BCUT2D eigenvalue weighted by Gasteiger charge is 2.09. The van der Waals surface area contributed by atoms with Crippen LogP contribution >= 0.6 is 15.9 Å². The van der Waals surface area contributed by atoms with Crippen LogP contribution < -0.4 is 10.3 Å². The highest BCUT2D eigenvalue weighted by Crippen LogP contribution is 2.21. The number of rotatable bonds is 3. The van der Waals surface area contributed by atoms with Crippen molar-refractivity contribution in [3.8, 4) is 11.8 Å². The molecule has 0 fully saturated rings. The monoisotopic (exact) mass is 359 g/mol. The first kappa shape index (κ1) is 16.0. The van der Waals surface area contributed by atoms with Gasteiger partial charge in [0.15, 0.2) is 0 Å². The largest absolute Gasteiger partial charge is 0.496 e. The lowest BCUT2D eigenvalue weighted by Crippen LogP contribution is -2.22. The number of hydrogen-bond donors (Lipinski definition) is 0. The zero-order valence-corrected chi connectivity index (χ0v) is 14.0. The van der Waals surface area contributed by atoms with Gasteiger partial charge in [0.1, 0.15) is 17.4 Å². The molecular weight excluding hydrogens is 346 g/mol. The van der Waals surface area contributed by atoms with Crippen LogP contribution in [0.3, 0.4) is 0 Å². The molecule has 0 amide bonds. The first-order valence-corrected chi connectivity index (χ1v) is 7.28. The fourth-order valence-electron chi connectivity index (χ4n) is 2.09. The van der Waals surface area contributed by atoms with Crippen LogP contribution in [0, 0.1) is 25.2 Å². The van der Waals surface area contributed by atoms with Crippen LogP contribution in [0.15, 0.2) is 38.6 Å². The van der Waals surface area contributed by atoms with Gasteiger partial charge in [0.05, 0.1) is 13.3 Å². The van der Waals surface area contributed by atoms with Crippen LogP contribution in [-0.2, 0) is 0 Å². The fourth-order valence-corrected chi connectivity index (χ4v) is 2.47. The number of methoxy groups -OCH3 is 1. The molecule has 0 aliphatic carbocycles. The van der Waals surface area contributed by atoms with Gasteiger partial charge in [-0.2, -0.15) is 10.4 Å². The lowest BCUT2D eigenvalue weighted by molar-refractivity contribution is 0.414. The predicted molar refractivity (Wildman–Crippen MR) is 88.6 cm³/mol. The Morgan fingerprint density at radius 1 is 1.36 bits per heavy atom. The molecule has 2 rings (SSSR count). The molecule has 1 aromatic carbocycles. The van der Waals surface area contributed by atoms with Crippen molar-refractivity contribution in [2.75, 3.05) is 7.11 Å². The number of pyridine rings is 1. The summed E-state index contributed by atoms with van der Waals surface area (Å²) in [6.45, 7) is 3.50. The first-order chi connectivity index (χ1) is 10.5. The van der Waals surface area contributed by atoms with E-state index in [1.54, 1.807) is 33.1 Å². The van der Waals surface area contributed by atoms with Crippen molar-refractivity contribution in [1.29, 1.82) is 5.26 Å². The van der Waals surface area contributed by atoms with Gasteiger partial charge in [-0.3, -0.25) is 4.79 Å². The standard InChI is InChI=1S/C16H14BrN3O2/c1-10-6-11(2)20(16(21)14(10)8-18)19-9-12-7-13(17)4-5-15(12)22-3/h4-7,9H,1-3H3/b19-9+. The number of benzene rings is 1. The molecule has 0 radical (unpaired) electrons. The molecule has 0 unspecified atom stereocenters. The predicted octanol–water partition coefficient (Wildman–Crippen LogP) is 2.99. The maximum Gasteiger partial charge on any atom is 0.289 e. The molecule has 0 bridgehead atoms. The van der Waals surface area contributed by atoms with Gasteiger partial charge in [0, 0.05) is 15.7 Å². The molecule has 0 atom stereocenters. The summed E-state index contributed by atoms with van der Waals surface area (Å²) in [6, 6.07) is 9.17. The van der Waals surface area contributed by atoms with Gasteiger partial charge in [-0.1, -0.05) is 15.9 Å². The lowest BCUT2D eigenvalue weighted by atomic mass is 10.1. The molecule has 5 nitrogen and oxygen atoms in total. The molecule has 112 valence electrons. The minimum Gasteiger partial charge on any atom is -0.496 e. The lowest BCUT2D eigenvalue weighted by Gasteiger charge is -2.07. The van der Waals surface area contributed by atoms with E-state index in [1.165, 1.54) is 10.9 Å². The Morgan fingerprint density at radius 2 is 2.09 bits per heavy atom. The van der Waals surface area contributed by atoms with Gasteiger partial charge in [-0.15, -0.1) is 0 Å². The highest BCUT2D eigenvalue weighted by molar-refractivity contribution is 9.10. The molecule has 0 aliphatic rings. The van der Waals surface area contributed by atoms with E-state index in [2.05, 4.69) is 21.0 Å². The fraction of sp³-hybridized carbons (Fsp3) is 0.188. The van der Waals surface area contributed by atoms with Crippen molar-refractivity contribution in [2.24, 2.45) is 5.10 Å². The van der Waals surface area contributed by atoms with Crippen LogP contribution in [0.1, 0.15) is 22.4 Å². The van der Waals surface area contributed by atoms with E-state index in [0.717, 1.165) is 10.0 Å². The van der Waals surface area contributed by atoms with Gasteiger partial charge >= 0.3 is 0 Å². The minimum atomic E-state index is -0.426. The normalized spacial score (nSPS) is 10.7. The topological polar surface area (TPSA) is 67.4 Å². The Labute approximate surface area is 136 Å². The quantitative estimate of drug-likeness (QED) is 0.791. The van der Waals surface area contributed by atoms with Gasteiger partial charge < -0.3 is 4.74 Å². The van der Waals surface area contributed by atoms with Crippen molar-refractivity contribution in [1.82, 2.24) is 4.68 Å². The van der Waals surface area contributed by atoms with Gasteiger partial charge in [-0.05, 0) is 43.7 Å². The maximum atomic E-state index is 12.3. The van der Waals surface area contributed by atoms with E-state index in [4.69, 9.17) is 10.00 Å². The third-order valence-corrected chi connectivity index (χ3v) is 3.67. The van der Waals surface area contributed by atoms with Crippen LogP contribution in [0.4, 0.5) is 0 Å². The average molecular weight is 360 g/mol. The van der Waals surface area contributed by atoms with E-state index in [1.807, 2.05) is 18.2 Å². The zero-order valence-electron chi connectivity index (χ0n) is 12.4. The van der Waals surface area contributed by atoms with E-state index >= 15 is 0 Å². The Bertz CT molecular complexity index is 848. The third kappa shape index (κ3) is 3.10. The summed E-state index contributed by atoms with van der Waals surface area (Å²) in [4.78, 5) is 12.3. The number of nitriles is 1. The number of aromatic nitrogens is 1. The molecule has 2 aromatic rings. The zero-order chi connectivity index (χ0) is 16.3. The maximum absolute atomic E-state index is 12.3. The number of aryl methyl sites for hydroxylation is 2. The summed E-state index contributed by atoms with van der Waals surface area (Å²) in [7, 11) is 1.57.